The van der Waals surface area contributed by atoms with Crippen LogP contribution in [0.25, 0.3) is 11.4 Å². The molecule has 0 N–H and O–H groups in total. The maximum Gasteiger partial charge on any atom is 0.416 e. The van der Waals surface area contributed by atoms with E-state index in [1.54, 1.807) is 19.1 Å². The number of nitrogens with zero attached hydrogens (tertiary/aromatic N) is 2. The van der Waals surface area contributed by atoms with E-state index in [-0.39, 0.29) is 23.9 Å². The van der Waals surface area contributed by atoms with Crippen LogP contribution in [0.4, 0.5) is 13.2 Å². The van der Waals surface area contributed by atoms with E-state index in [1.807, 2.05) is 0 Å². The lowest BCUT2D eigenvalue weighted by Gasteiger charge is -2.10. The molecule has 146 valence electrons. The van der Waals surface area contributed by atoms with E-state index in [2.05, 4.69) is 10.1 Å². The van der Waals surface area contributed by atoms with Crippen molar-refractivity contribution < 1.29 is 32.0 Å². The minimum atomic E-state index is -4.46. The molecule has 3 rings (SSSR count). The second kappa shape index (κ2) is 8.12. The smallest absolute Gasteiger partial charge is 0.416 e. The lowest BCUT2D eigenvalue weighted by molar-refractivity contribution is -0.137. The van der Waals surface area contributed by atoms with E-state index in [1.165, 1.54) is 18.2 Å². The normalized spacial score (nSPS) is 11.3. The van der Waals surface area contributed by atoms with Gasteiger partial charge in [0.05, 0.1) is 12.2 Å². The van der Waals surface area contributed by atoms with Gasteiger partial charge in [0.1, 0.15) is 6.29 Å². The average molecular weight is 392 g/mol. The van der Waals surface area contributed by atoms with E-state index >= 15 is 0 Å². The molecule has 0 aliphatic carbocycles. The van der Waals surface area contributed by atoms with Gasteiger partial charge in [-0.05, 0) is 37.3 Å². The highest BCUT2D eigenvalue weighted by Gasteiger charge is 2.30. The third-order valence-electron chi connectivity index (χ3n) is 3.67. The van der Waals surface area contributed by atoms with Crippen LogP contribution in [0.3, 0.4) is 0 Å². The van der Waals surface area contributed by atoms with Gasteiger partial charge in [0.25, 0.3) is 5.89 Å². The number of carbonyl (C=O) groups is 1. The van der Waals surface area contributed by atoms with Gasteiger partial charge < -0.3 is 14.0 Å². The van der Waals surface area contributed by atoms with Crippen LogP contribution in [-0.4, -0.2) is 23.0 Å². The molecule has 0 unspecified atom stereocenters. The number of ether oxygens (including phenoxy) is 2. The van der Waals surface area contributed by atoms with Gasteiger partial charge in [-0.25, -0.2) is 0 Å². The van der Waals surface area contributed by atoms with E-state index in [0.29, 0.717) is 30.0 Å². The van der Waals surface area contributed by atoms with Crippen molar-refractivity contribution in [1.82, 2.24) is 10.1 Å². The molecule has 2 aromatic carbocycles. The summed E-state index contributed by atoms with van der Waals surface area (Å²) in [4.78, 5) is 14.9. The first-order valence-electron chi connectivity index (χ1n) is 8.25. The third kappa shape index (κ3) is 4.48. The molecule has 0 radical (unpaired) electrons. The van der Waals surface area contributed by atoms with Gasteiger partial charge in [0.2, 0.25) is 5.82 Å². The zero-order chi connectivity index (χ0) is 20.1. The highest BCUT2D eigenvalue weighted by molar-refractivity contribution is 5.76. The van der Waals surface area contributed by atoms with Crippen LogP contribution in [-0.2, 0) is 12.8 Å². The number of rotatable bonds is 7. The Hall–Kier alpha value is -3.36. The number of hydrogen-bond donors (Lipinski definition) is 0. The molecular formula is C19H15F3N2O4. The quantitative estimate of drug-likeness (QED) is 0.550. The molecule has 0 aliphatic heterocycles. The van der Waals surface area contributed by atoms with Gasteiger partial charge in [0, 0.05) is 11.1 Å². The van der Waals surface area contributed by atoms with Crippen molar-refractivity contribution in [3.05, 3.63) is 59.5 Å². The summed E-state index contributed by atoms with van der Waals surface area (Å²) in [5, 5.41) is 3.70. The predicted octanol–water partition coefficient (Wildman–Crippen LogP) is 4.55. The third-order valence-corrected chi connectivity index (χ3v) is 3.67. The number of alkyl halides is 3. The first kappa shape index (κ1) is 19.4. The van der Waals surface area contributed by atoms with Crippen LogP contribution in [0, 0.1) is 0 Å². The molecule has 6 nitrogen and oxygen atoms in total. The van der Waals surface area contributed by atoms with Gasteiger partial charge in [0.15, 0.2) is 18.1 Å². The van der Waals surface area contributed by atoms with Crippen molar-refractivity contribution >= 4 is 6.29 Å². The highest BCUT2D eigenvalue weighted by Crippen LogP contribution is 2.32. The van der Waals surface area contributed by atoms with Crippen LogP contribution in [0.1, 0.15) is 28.7 Å². The number of carbonyl (C=O) groups excluding carboxylic acids is 1. The Bertz CT molecular complexity index is 970. The summed E-state index contributed by atoms with van der Waals surface area (Å²) in [6.07, 6.45) is -3.78. The van der Waals surface area contributed by atoms with Gasteiger partial charge >= 0.3 is 6.18 Å². The van der Waals surface area contributed by atoms with E-state index < -0.39 is 11.7 Å². The monoisotopic (exact) mass is 392 g/mol. The lowest BCUT2D eigenvalue weighted by atomic mass is 10.1. The Morgan fingerprint density at radius 2 is 1.93 bits per heavy atom. The van der Waals surface area contributed by atoms with E-state index in [9.17, 15) is 18.0 Å². The zero-order valence-corrected chi connectivity index (χ0v) is 14.7. The second-order valence-corrected chi connectivity index (χ2v) is 5.64. The zero-order valence-electron chi connectivity index (χ0n) is 14.7. The summed E-state index contributed by atoms with van der Waals surface area (Å²) in [7, 11) is 0. The highest BCUT2D eigenvalue weighted by atomic mass is 19.4. The van der Waals surface area contributed by atoms with Crippen molar-refractivity contribution in [2.75, 3.05) is 6.61 Å². The van der Waals surface area contributed by atoms with Crippen LogP contribution in [0.15, 0.2) is 47.0 Å². The lowest BCUT2D eigenvalue weighted by Crippen LogP contribution is -2.04. The molecule has 0 saturated heterocycles. The topological polar surface area (TPSA) is 74.5 Å². The van der Waals surface area contributed by atoms with Gasteiger partial charge in [-0.3, -0.25) is 4.79 Å². The van der Waals surface area contributed by atoms with Gasteiger partial charge in [-0.15, -0.1) is 0 Å². The van der Waals surface area contributed by atoms with E-state index in [0.717, 1.165) is 12.1 Å². The molecule has 0 bridgehead atoms. The fourth-order valence-electron chi connectivity index (χ4n) is 2.39. The van der Waals surface area contributed by atoms with Gasteiger partial charge in [-0.2, -0.15) is 18.2 Å². The molecule has 0 aliphatic rings. The first-order valence-corrected chi connectivity index (χ1v) is 8.25. The Balaban J connectivity index is 1.75. The van der Waals surface area contributed by atoms with Crippen LogP contribution < -0.4 is 9.47 Å². The number of aldehydes is 1. The predicted molar refractivity (Wildman–Crippen MR) is 92.1 cm³/mol. The SMILES string of the molecule is CCOc1cc(C=O)ccc1OCc1nc(-c2cccc(C(F)(F)F)c2)no1. The maximum atomic E-state index is 12.8. The van der Waals surface area contributed by atoms with Crippen molar-refractivity contribution in [3.63, 3.8) is 0 Å². The summed E-state index contributed by atoms with van der Waals surface area (Å²) in [5.41, 5.74) is -0.195. The first-order chi connectivity index (χ1) is 13.4. The molecule has 9 heteroatoms. The largest absolute Gasteiger partial charge is 0.490 e. The molecule has 3 aromatic rings. The summed E-state index contributed by atoms with van der Waals surface area (Å²) in [6, 6.07) is 9.30. The van der Waals surface area contributed by atoms with Gasteiger partial charge in [-0.1, -0.05) is 17.3 Å². The summed E-state index contributed by atoms with van der Waals surface area (Å²) >= 11 is 0. The average Bonchev–Trinajstić information content (AvgIpc) is 3.16. The molecule has 0 saturated carbocycles. The Morgan fingerprint density at radius 1 is 1.11 bits per heavy atom. The molecule has 0 spiro atoms. The second-order valence-electron chi connectivity index (χ2n) is 5.64. The number of halogens is 3. The number of aromatic nitrogens is 2. The molecule has 1 heterocycles. The number of hydrogen-bond acceptors (Lipinski definition) is 6. The Kier molecular flexibility index (Phi) is 5.62. The molecule has 0 amide bonds. The number of benzene rings is 2. The fourth-order valence-corrected chi connectivity index (χ4v) is 2.39. The van der Waals surface area contributed by atoms with Crippen molar-refractivity contribution in [2.24, 2.45) is 0 Å². The molecule has 0 atom stereocenters. The Labute approximate surface area is 157 Å². The summed E-state index contributed by atoms with van der Waals surface area (Å²) in [6.45, 7) is 2.04. The Morgan fingerprint density at radius 3 is 2.64 bits per heavy atom. The minimum Gasteiger partial charge on any atom is -0.490 e. The molecule has 1 aromatic heterocycles. The minimum absolute atomic E-state index is 0.0195. The van der Waals surface area contributed by atoms with E-state index in [4.69, 9.17) is 14.0 Å². The standard InChI is InChI=1S/C19H15F3N2O4/c1-2-26-16-8-12(10-25)6-7-15(16)27-11-17-23-18(24-28-17)13-4-3-5-14(9-13)19(20,21)22/h3-10H,2,11H2,1H3. The van der Waals surface area contributed by atoms with Crippen LogP contribution in [0.2, 0.25) is 0 Å². The molecule has 0 fully saturated rings. The van der Waals surface area contributed by atoms with Crippen LogP contribution >= 0.6 is 0 Å². The maximum absolute atomic E-state index is 12.8. The van der Waals surface area contributed by atoms with Crippen LogP contribution in [0.5, 0.6) is 11.5 Å². The molecular weight excluding hydrogens is 377 g/mol. The van der Waals surface area contributed by atoms with Crippen molar-refractivity contribution in [2.45, 2.75) is 19.7 Å². The van der Waals surface area contributed by atoms with Crippen molar-refractivity contribution in [3.8, 4) is 22.9 Å². The summed E-state index contributed by atoms with van der Waals surface area (Å²) < 4.78 is 54.6. The fraction of sp³-hybridized carbons (Fsp3) is 0.211. The summed E-state index contributed by atoms with van der Waals surface area (Å²) in [5.74, 6) is 0.844. The molecule has 28 heavy (non-hydrogen) atoms. The van der Waals surface area contributed by atoms with Crippen molar-refractivity contribution in [1.29, 1.82) is 0 Å².